The van der Waals surface area contributed by atoms with Crippen LogP contribution in [0.5, 0.6) is 0 Å². The molecule has 0 atom stereocenters. The Kier molecular flexibility index (Phi) is 17.0. The molecule has 0 amide bonds. The summed E-state index contributed by atoms with van der Waals surface area (Å²) in [5.41, 5.74) is 0. The molecule has 0 aromatic rings. The minimum absolute atomic E-state index is 0.126. The summed E-state index contributed by atoms with van der Waals surface area (Å²) in [6.07, 6.45) is 2.40. The van der Waals surface area contributed by atoms with Crippen LogP contribution in [0.15, 0.2) is 0 Å². The van der Waals surface area contributed by atoms with Crippen molar-refractivity contribution in [1.29, 1.82) is 0 Å². The predicted octanol–water partition coefficient (Wildman–Crippen LogP) is 2.63. The average molecular weight is 262 g/mol. The molecule has 0 saturated heterocycles. The van der Waals surface area contributed by atoms with Crippen LogP contribution in [0.25, 0.3) is 0 Å². The largest absolute Gasteiger partial charge is 0.481 e. The Bertz CT molecular complexity index is 202. The van der Waals surface area contributed by atoms with Crippen LogP contribution in [0.1, 0.15) is 52.9 Å². The number of carbonyl (C=O) groups is 2. The van der Waals surface area contributed by atoms with Gasteiger partial charge in [0.25, 0.3) is 0 Å². The topological polar surface area (TPSA) is 72.8 Å². The number of unbranched alkanes of at least 4 members (excludes halogenated alkanes) is 1. The van der Waals surface area contributed by atoms with Crippen molar-refractivity contribution in [2.75, 3.05) is 19.8 Å². The number of carboxylic acid groups (broad SMARTS) is 1. The Hall–Kier alpha value is -1.10. The van der Waals surface area contributed by atoms with Crippen molar-refractivity contribution in [1.82, 2.24) is 0 Å². The van der Waals surface area contributed by atoms with Gasteiger partial charge in [0.1, 0.15) is 0 Å². The second kappa shape index (κ2) is 15.9. The smallest absolute Gasteiger partial charge is 0.305 e. The summed E-state index contributed by atoms with van der Waals surface area (Å²) in [6.45, 7) is 8.05. The van der Waals surface area contributed by atoms with E-state index in [0.717, 1.165) is 19.6 Å². The Labute approximate surface area is 109 Å². The number of carboxylic acids is 1. The first-order valence-electron chi connectivity index (χ1n) is 6.53. The molecule has 5 nitrogen and oxygen atoms in total. The van der Waals surface area contributed by atoms with Crippen molar-refractivity contribution < 1.29 is 24.2 Å². The average Bonchev–Trinajstić information content (AvgIpc) is 2.33. The summed E-state index contributed by atoms with van der Waals surface area (Å²) in [7, 11) is 0. The Morgan fingerprint density at radius 2 is 1.56 bits per heavy atom. The number of carbonyl (C=O) groups excluding carboxylic acids is 1. The van der Waals surface area contributed by atoms with Crippen LogP contribution in [-0.2, 0) is 19.1 Å². The molecule has 0 bridgehead atoms. The molecule has 0 unspecified atom stereocenters. The predicted molar refractivity (Wildman–Crippen MR) is 69.5 cm³/mol. The number of esters is 1. The fourth-order valence-electron chi connectivity index (χ4n) is 1.04. The molecular weight excluding hydrogens is 236 g/mol. The summed E-state index contributed by atoms with van der Waals surface area (Å²) in [5.74, 6) is -1.05. The molecule has 5 heteroatoms. The third kappa shape index (κ3) is 20.3. The molecule has 0 aliphatic carbocycles. The molecule has 0 aromatic heterocycles. The van der Waals surface area contributed by atoms with E-state index in [1.54, 1.807) is 0 Å². The van der Waals surface area contributed by atoms with Gasteiger partial charge in [-0.25, -0.2) is 0 Å². The van der Waals surface area contributed by atoms with Crippen LogP contribution >= 0.6 is 0 Å². The molecule has 0 heterocycles. The van der Waals surface area contributed by atoms with Gasteiger partial charge in [0.2, 0.25) is 0 Å². The van der Waals surface area contributed by atoms with Gasteiger partial charge in [0.05, 0.1) is 6.61 Å². The highest BCUT2D eigenvalue weighted by molar-refractivity contribution is 5.69. The van der Waals surface area contributed by atoms with Crippen molar-refractivity contribution in [2.45, 2.75) is 52.9 Å². The first-order valence-corrected chi connectivity index (χ1v) is 6.53. The summed E-state index contributed by atoms with van der Waals surface area (Å²) >= 11 is 0. The number of aliphatic carboxylic acids is 1. The summed E-state index contributed by atoms with van der Waals surface area (Å²) < 4.78 is 9.65. The lowest BCUT2D eigenvalue weighted by molar-refractivity contribution is -0.144. The molecule has 0 aromatic carbocycles. The van der Waals surface area contributed by atoms with Crippen molar-refractivity contribution >= 4 is 11.9 Å². The fraction of sp³-hybridized carbons (Fsp3) is 0.846. The summed E-state index contributed by atoms with van der Waals surface area (Å²) in [6, 6.07) is 0. The fourth-order valence-corrected chi connectivity index (χ4v) is 1.04. The normalized spacial score (nSPS) is 9.28. The van der Waals surface area contributed by atoms with Crippen molar-refractivity contribution in [3.63, 3.8) is 0 Å². The van der Waals surface area contributed by atoms with E-state index in [9.17, 15) is 9.59 Å². The zero-order valence-electron chi connectivity index (χ0n) is 11.7. The number of ether oxygens (including phenoxy) is 2. The van der Waals surface area contributed by atoms with Gasteiger partial charge in [-0.15, -0.1) is 0 Å². The molecule has 0 aliphatic rings. The van der Waals surface area contributed by atoms with Crippen LogP contribution in [0.2, 0.25) is 0 Å². The molecule has 108 valence electrons. The third-order valence-corrected chi connectivity index (χ3v) is 1.90. The Balaban J connectivity index is 0. The van der Waals surface area contributed by atoms with E-state index < -0.39 is 5.97 Å². The van der Waals surface area contributed by atoms with Gasteiger partial charge in [0.15, 0.2) is 0 Å². The molecule has 1 N–H and O–H groups in total. The Morgan fingerprint density at radius 1 is 1.00 bits per heavy atom. The van der Waals surface area contributed by atoms with E-state index in [0.29, 0.717) is 25.9 Å². The van der Waals surface area contributed by atoms with Crippen molar-refractivity contribution in [2.24, 2.45) is 0 Å². The van der Waals surface area contributed by atoms with Gasteiger partial charge in [-0.05, 0) is 33.1 Å². The highest BCUT2D eigenvalue weighted by Crippen LogP contribution is 2.01. The van der Waals surface area contributed by atoms with E-state index in [2.05, 4.69) is 0 Å². The van der Waals surface area contributed by atoms with Gasteiger partial charge in [0, 0.05) is 26.1 Å². The van der Waals surface area contributed by atoms with Gasteiger partial charge >= 0.3 is 11.9 Å². The summed E-state index contributed by atoms with van der Waals surface area (Å²) in [4.78, 5) is 21.0. The monoisotopic (exact) mass is 262 g/mol. The van der Waals surface area contributed by atoms with E-state index in [-0.39, 0.29) is 12.4 Å². The maximum atomic E-state index is 10.9. The van der Waals surface area contributed by atoms with Gasteiger partial charge < -0.3 is 14.6 Å². The lowest BCUT2D eigenvalue weighted by atomic mass is 10.2. The van der Waals surface area contributed by atoms with Crippen molar-refractivity contribution in [3.05, 3.63) is 0 Å². The van der Waals surface area contributed by atoms with E-state index >= 15 is 0 Å². The zero-order valence-corrected chi connectivity index (χ0v) is 11.7. The number of rotatable bonds is 9. The first kappa shape index (κ1) is 19.2. The maximum Gasteiger partial charge on any atom is 0.305 e. The molecule has 0 spiro atoms. The first-order chi connectivity index (χ1) is 8.58. The van der Waals surface area contributed by atoms with Crippen LogP contribution < -0.4 is 0 Å². The molecule has 0 aliphatic heterocycles. The number of hydrogen-bond acceptors (Lipinski definition) is 4. The maximum absolute atomic E-state index is 10.9. The summed E-state index contributed by atoms with van der Waals surface area (Å²) in [5, 5.41) is 8.30. The van der Waals surface area contributed by atoms with Gasteiger partial charge in [-0.2, -0.15) is 0 Å². The SMILES string of the molecule is CCCOC(=O)CCCCC(=O)O.CCOCC. The molecular formula is C13H26O5. The van der Waals surface area contributed by atoms with Crippen LogP contribution in [0, 0.1) is 0 Å². The molecule has 0 rings (SSSR count). The van der Waals surface area contributed by atoms with Crippen LogP contribution in [0.4, 0.5) is 0 Å². The van der Waals surface area contributed by atoms with E-state index in [1.807, 2.05) is 20.8 Å². The molecule has 18 heavy (non-hydrogen) atoms. The lowest BCUT2D eigenvalue weighted by Gasteiger charge is -2.01. The van der Waals surface area contributed by atoms with Crippen molar-refractivity contribution in [3.8, 4) is 0 Å². The highest BCUT2D eigenvalue weighted by atomic mass is 16.5. The number of hydrogen-bond donors (Lipinski definition) is 1. The van der Waals surface area contributed by atoms with Gasteiger partial charge in [-0.1, -0.05) is 6.92 Å². The lowest BCUT2D eigenvalue weighted by Crippen LogP contribution is -2.05. The third-order valence-electron chi connectivity index (χ3n) is 1.90. The molecule has 0 saturated carbocycles. The molecule has 0 fully saturated rings. The van der Waals surface area contributed by atoms with Crippen LogP contribution in [-0.4, -0.2) is 36.9 Å². The minimum atomic E-state index is -0.818. The standard InChI is InChI=1S/C9H16O4.C4H10O/c1-2-7-13-9(12)6-4-3-5-8(10)11;1-3-5-4-2/h2-7H2,1H3,(H,10,11);3-4H2,1-2H3. The molecule has 0 radical (unpaired) electrons. The van der Waals surface area contributed by atoms with Gasteiger partial charge in [-0.3, -0.25) is 9.59 Å². The highest BCUT2D eigenvalue weighted by Gasteiger charge is 2.02. The second-order valence-electron chi connectivity index (χ2n) is 3.60. The minimum Gasteiger partial charge on any atom is -0.481 e. The quantitative estimate of drug-likeness (QED) is 0.511. The van der Waals surface area contributed by atoms with E-state index in [4.69, 9.17) is 14.6 Å². The zero-order chi connectivity index (χ0) is 14.2. The van der Waals surface area contributed by atoms with E-state index in [1.165, 1.54) is 0 Å². The second-order valence-corrected chi connectivity index (χ2v) is 3.60. The van der Waals surface area contributed by atoms with Crippen LogP contribution in [0.3, 0.4) is 0 Å². The Morgan fingerprint density at radius 3 is 1.94 bits per heavy atom.